The van der Waals surface area contributed by atoms with E-state index in [0.717, 1.165) is 22.6 Å². The largest absolute Gasteiger partial charge is 0.325 e. The molecule has 0 heterocycles. The fourth-order valence-electron chi connectivity index (χ4n) is 2.47. The molecule has 3 aromatic carbocycles. The Morgan fingerprint density at radius 3 is 2.26 bits per heavy atom. The number of nitrogens with zero attached hydrogens (tertiary/aromatic N) is 1. The lowest BCUT2D eigenvalue weighted by Gasteiger charge is -2.17. The minimum absolute atomic E-state index is 0.169. The molecule has 0 spiro atoms. The van der Waals surface area contributed by atoms with E-state index in [2.05, 4.69) is 5.32 Å². The first-order chi connectivity index (χ1) is 13.0. The molecule has 0 fully saturated rings. The number of rotatable bonds is 6. The topological polar surface area (TPSA) is 72.2 Å². The molecule has 0 unspecified atom stereocenters. The third kappa shape index (κ3) is 4.71. The van der Waals surface area contributed by atoms with Crippen LogP contribution in [-0.4, -0.2) is 10.8 Å². The van der Waals surface area contributed by atoms with Crippen LogP contribution < -0.4 is 5.32 Å². The molecule has 7 heteroatoms. The van der Waals surface area contributed by atoms with Crippen molar-refractivity contribution in [1.29, 1.82) is 0 Å². The normalized spacial score (nSPS) is 11.6. The second kappa shape index (κ2) is 8.46. The molecule has 27 heavy (non-hydrogen) atoms. The van der Waals surface area contributed by atoms with E-state index >= 15 is 0 Å². The highest BCUT2D eigenvalue weighted by Gasteiger charge is 2.23. The lowest BCUT2D eigenvalue weighted by atomic mass is 10.1. The summed E-state index contributed by atoms with van der Waals surface area (Å²) in [4.78, 5) is 23.9. The lowest BCUT2D eigenvalue weighted by molar-refractivity contribution is -0.387. The van der Waals surface area contributed by atoms with Crippen LogP contribution >= 0.6 is 11.8 Å². The maximum Gasteiger partial charge on any atom is 0.306 e. The molecule has 0 saturated carbocycles. The smallest absolute Gasteiger partial charge is 0.306 e. The summed E-state index contributed by atoms with van der Waals surface area (Å²) in [6, 6.07) is 21.9. The molecular formula is C20H15FN2O3S. The maximum atomic E-state index is 13.5. The molecule has 1 N–H and O–H groups in total. The van der Waals surface area contributed by atoms with Gasteiger partial charge in [0.2, 0.25) is 11.7 Å². The highest BCUT2D eigenvalue weighted by atomic mass is 32.2. The van der Waals surface area contributed by atoms with Gasteiger partial charge < -0.3 is 5.32 Å². The Morgan fingerprint density at radius 2 is 1.63 bits per heavy atom. The third-order valence-electron chi connectivity index (χ3n) is 3.75. The molecule has 0 saturated heterocycles. The van der Waals surface area contributed by atoms with Crippen LogP contribution in [0.25, 0.3) is 0 Å². The third-order valence-corrected chi connectivity index (χ3v) is 5.01. The highest BCUT2D eigenvalue weighted by molar-refractivity contribution is 8.00. The fraction of sp³-hybridized carbons (Fsp3) is 0.0500. The SMILES string of the molecule is O=C(Nc1ccc(F)c([N+](=O)[O-])c1)[C@H](Sc1ccccc1)c1ccccc1. The molecule has 5 nitrogen and oxygen atoms in total. The first kappa shape index (κ1) is 18.6. The van der Waals surface area contributed by atoms with Gasteiger partial charge in [-0.05, 0) is 29.8 Å². The van der Waals surface area contributed by atoms with Crippen LogP contribution in [0.3, 0.4) is 0 Å². The molecule has 0 bridgehead atoms. The Bertz CT molecular complexity index is 952. The number of carbonyl (C=O) groups is 1. The predicted molar refractivity (Wildman–Crippen MR) is 103 cm³/mol. The Morgan fingerprint density at radius 1 is 1.00 bits per heavy atom. The van der Waals surface area contributed by atoms with Gasteiger partial charge in [-0.25, -0.2) is 0 Å². The standard InChI is InChI=1S/C20H15FN2O3S/c21-17-12-11-15(13-18(17)23(25)26)22-20(24)19(14-7-3-1-4-8-14)27-16-9-5-2-6-10-16/h1-13,19H,(H,22,24)/t19-/m1/s1. The number of halogens is 1. The monoisotopic (exact) mass is 382 g/mol. The summed E-state index contributed by atoms with van der Waals surface area (Å²) >= 11 is 1.36. The van der Waals surface area contributed by atoms with Gasteiger partial charge in [-0.3, -0.25) is 14.9 Å². The zero-order chi connectivity index (χ0) is 19.2. The van der Waals surface area contributed by atoms with E-state index in [9.17, 15) is 19.3 Å². The van der Waals surface area contributed by atoms with Gasteiger partial charge in [0.15, 0.2) is 0 Å². The number of hydrogen-bond donors (Lipinski definition) is 1. The molecule has 0 aliphatic carbocycles. The van der Waals surface area contributed by atoms with Gasteiger partial charge in [0.1, 0.15) is 5.25 Å². The number of carbonyl (C=O) groups excluding carboxylic acids is 1. The maximum absolute atomic E-state index is 13.5. The van der Waals surface area contributed by atoms with Gasteiger partial charge in [-0.2, -0.15) is 4.39 Å². The van der Waals surface area contributed by atoms with Gasteiger partial charge in [-0.1, -0.05) is 48.5 Å². The summed E-state index contributed by atoms with van der Waals surface area (Å²) in [5, 5.41) is 13.0. The zero-order valence-corrected chi connectivity index (χ0v) is 14.9. The Labute approximate surface area is 159 Å². The van der Waals surface area contributed by atoms with Crippen molar-refractivity contribution < 1.29 is 14.1 Å². The average molecular weight is 382 g/mol. The molecule has 0 aliphatic rings. The van der Waals surface area contributed by atoms with Crippen LogP contribution in [-0.2, 0) is 4.79 Å². The first-order valence-electron chi connectivity index (χ1n) is 8.06. The Balaban J connectivity index is 1.87. The van der Waals surface area contributed by atoms with Gasteiger partial charge >= 0.3 is 5.69 Å². The van der Waals surface area contributed by atoms with Gasteiger partial charge in [0, 0.05) is 16.6 Å². The van der Waals surface area contributed by atoms with Crippen molar-refractivity contribution in [3.63, 3.8) is 0 Å². The van der Waals surface area contributed by atoms with Crippen molar-refractivity contribution in [1.82, 2.24) is 0 Å². The van der Waals surface area contributed by atoms with Crippen molar-refractivity contribution in [3.05, 3.63) is 100 Å². The number of hydrogen-bond acceptors (Lipinski definition) is 4. The molecular weight excluding hydrogens is 367 g/mol. The number of nitro benzene ring substituents is 1. The van der Waals surface area contributed by atoms with E-state index in [0.29, 0.717) is 0 Å². The van der Waals surface area contributed by atoms with E-state index in [1.54, 1.807) is 0 Å². The molecule has 1 atom stereocenters. The first-order valence-corrected chi connectivity index (χ1v) is 8.94. The van der Waals surface area contributed by atoms with Crippen LogP contribution in [0.15, 0.2) is 83.8 Å². The minimum Gasteiger partial charge on any atom is -0.325 e. The summed E-state index contributed by atoms with van der Waals surface area (Å²) in [6.45, 7) is 0. The van der Waals surface area contributed by atoms with Gasteiger partial charge in [-0.15, -0.1) is 11.8 Å². The minimum atomic E-state index is -0.948. The Kier molecular flexibility index (Phi) is 5.83. The van der Waals surface area contributed by atoms with Crippen LogP contribution in [0.5, 0.6) is 0 Å². The van der Waals surface area contributed by atoms with Crippen LogP contribution in [0.4, 0.5) is 15.8 Å². The Hall–Kier alpha value is -3.19. The van der Waals surface area contributed by atoms with E-state index in [1.165, 1.54) is 17.8 Å². The predicted octanol–water partition coefficient (Wildman–Crippen LogP) is 5.21. The zero-order valence-electron chi connectivity index (χ0n) is 14.0. The van der Waals surface area contributed by atoms with Crippen molar-refractivity contribution >= 4 is 29.0 Å². The summed E-state index contributed by atoms with van der Waals surface area (Å²) in [6.07, 6.45) is 0. The van der Waals surface area contributed by atoms with Gasteiger partial charge in [0.25, 0.3) is 0 Å². The summed E-state index contributed by atoms with van der Waals surface area (Å²) < 4.78 is 13.5. The quantitative estimate of drug-likeness (QED) is 0.361. The second-order valence-electron chi connectivity index (χ2n) is 5.63. The van der Waals surface area contributed by atoms with Crippen molar-refractivity contribution in [2.75, 3.05) is 5.32 Å². The van der Waals surface area contributed by atoms with Gasteiger partial charge in [0.05, 0.1) is 4.92 Å². The van der Waals surface area contributed by atoms with Crippen molar-refractivity contribution in [2.24, 2.45) is 0 Å². The molecule has 0 radical (unpaired) electrons. The van der Waals surface area contributed by atoms with E-state index in [1.807, 2.05) is 60.7 Å². The molecule has 0 aliphatic heterocycles. The summed E-state index contributed by atoms with van der Waals surface area (Å²) in [5.74, 6) is -1.30. The summed E-state index contributed by atoms with van der Waals surface area (Å²) in [7, 11) is 0. The van der Waals surface area contributed by atoms with E-state index in [4.69, 9.17) is 0 Å². The van der Waals surface area contributed by atoms with Crippen LogP contribution in [0.1, 0.15) is 10.8 Å². The second-order valence-corrected chi connectivity index (χ2v) is 6.81. The number of nitro groups is 1. The molecule has 1 amide bonds. The van der Waals surface area contributed by atoms with Crippen molar-refractivity contribution in [3.8, 4) is 0 Å². The molecule has 0 aromatic heterocycles. The van der Waals surface area contributed by atoms with E-state index < -0.39 is 21.7 Å². The molecule has 3 rings (SSSR count). The number of nitrogens with one attached hydrogen (secondary N) is 1. The van der Waals surface area contributed by atoms with E-state index in [-0.39, 0.29) is 11.6 Å². The summed E-state index contributed by atoms with van der Waals surface area (Å²) in [5.41, 5.74) is 0.280. The average Bonchev–Trinajstić information content (AvgIpc) is 2.69. The molecule has 3 aromatic rings. The van der Waals surface area contributed by atoms with Crippen LogP contribution in [0.2, 0.25) is 0 Å². The number of amides is 1. The fourth-order valence-corrected chi connectivity index (χ4v) is 3.52. The molecule has 136 valence electrons. The van der Waals surface area contributed by atoms with Crippen molar-refractivity contribution in [2.45, 2.75) is 10.1 Å². The number of thioether (sulfide) groups is 1. The highest BCUT2D eigenvalue weighted by Crippen LogP contribution is 2.36. The number of benzene rings is 3. The lowest BCUT2D eigenvalue weighted by Crippen LogP contribution is -2.19. The number of anilines is 1. The van der Waals surface area contributed by atoms with Crippen LogP contribution in [0, 0.1) is 15.9 Å².